The van der Waals surface area contributed by atoms with E-state index in [9.17, 15) is 14.9 Å². The van der Waals surface area contributed by atoms with Crippen molar-refractivity contribution < 1.29 is 31.3 Å². The van der Waals surface area contributed by atoms with Crippen LogP contribution in [-0.2, 0) is 6.54 Å². The number of carbonyl (C=O) groups is 1. The third kappa shape index (κ3) is 3.96. The molecule has 0 bridgehead atoms. The zero-order valence-corrected chi connectivity index (χ0v) is 12.4. The largest absolute Gasteiger partial charge is 1.00 e. The first kappa shape index (κ1) is 16.0. The first-order valence-electron chi connectivity index (χ1n) is 5.79. The van der Waals surface area contributed by atoms with Crippen LogP contribution in [0.2, 0.25) is 0 Å². The summed E-state index contributed by atoms with van der Waals surface area (Å²) in [4.78, 5) is 22.1. The molecule has 0 aliphatic carbocycles. The Kier molecular flexibility index (Phi) is 5.52. The van der Waals surface area contributed by atoms with Gasteiger partial charge in [0.1, 0.15) is 0 Å². The molecule has 1 aromatic carbocycles. The zero-order valence-electron chi connectivity index (χ0n) is 10.8. The second-order valence-corrected chi connectivity index (χ2v) is 4.28. The quantitative estimate of drug-likeness (QED) is 0.314. The number of nitrogens with zero attached hydrogens (tertiary/aromatic N) is 2. The van der Waals surface area contributed by atoms with Crippen molar-refractivity contribution in [2.24, 2.45) is 0 Å². The second-order valence-electron chi connectivity index (χ2n) is 4.28. The minimum absolute atomic E-state index is 0. The van der Waals surface area contributed by atoms with Crippen molar-refractivity contribution in [3.8, 4) is 0 Å². The molecule has 2 aromatic rings. The van der Waals surface area contributed by atoms with Crippen molar-refractivity contribution >= 4 is 11.5 Å². The van der Waals surface area contributed by atoms with Crippen LogP contribution in [0.3, 0.4) is 0 Å². The SMILES string of the molecule is Cc1ccc[n+](CC(=O)c2ccc([N+](=O)[O-])cc2)c1.[Br-]. The van der Waals surface area contributed by atoms with Crippen molar-refractivity contribution in [2.45, 2.75) is 13.5 Å². The maximum Gasteiger partial charge on any atom is 0.269 e. The average Bonchev–Trinajstić information content (AvgIpc) is 2.39. The molecule has 0 aliphatic rings. The maximum absolute atomic E-state index is 12.0. The van der Waals surface area contributed by atoms with Crippen molar-refractivity contribution in [1.82, 2.24) is 0 Å². The van der Waals surface area contributed by atoms with Crippen LogP contribution in [0.4, 0.5) is 5.69 Å². The number of nitro groups is 1. The molecule has 0 unspecified atom stereocenters. The third-order valence-corrected chi connectivity index (χ3v) is 2.73. The summed E-state index contributed by atoms with van der Waals surface area (Å²) in [6, 6.07) is 9.47. The van der Waals surface area contributed by atoms with Crippen molar-refractivity contribution in [2.75, 3.05) is 0 Å². The molecular formula is C14H13BrN2O3. The Morgan fingerprint density at radius 1 is 1.25 bits per heavy atom. The summed E-state index contributed by atoms with van der Waals surface area (Å²) in [5.74, 6) is -0.0782. The Morgan fingerprint density at radius 2 is 1.90 bits per heavy atom. The standard InChI is InChI=1S/C14H13N2O3.BrH/c1-11-3-2-8-15(9-11)10-14(17)12-4-6-13(7-5-12)16(18)19;/h2-9H,10H2,1H3;1H/q+1;/p-1. The highest BCUT2D eigenvalue weighted by Gasteiger charge is 2.13. The Morgan fingerprint density at radius 3 is 2.45 bits per heavy atom. The molecule has 0 saturated carbocycles. The van der Waals surface area contributed by atoms with Crippen LogP contribution in [0.15, 0.2) is 48.8 Å². The van der Waals surface area contributed by atoms with E-state index >= 15 is 0 Å². The number of ketones is 1. The fourth-order valence-corrected chi connectivity index (χ4v) is 1.78. The number of aromatic nitrogens is 1. The summed E-state index contributed by atoms with van der Waals surface area (Å²) in [5, 5.41) is 10.5. The number of pyridine rings is 1. The van der Waals surface area contributed by atoms with Crippen LogP contribution >= 0.6 is 0 Å². The van der Waals surface area contributed by atoms with E-state index in [1.165, 1.54) is 24.3 Å². The highest BCUT2D eigenvalue weighted by molar-refractivity contribution is 5.95. The lowest BCUT2D eigenvalue weighted by atomic mass is 10.1. The summed E-state index contributed by atoms with van der Waals surface area (Å²) in [7, 11) is 0. The number of hydrogen-bond acceptors (Lipinski definition) is 3. The molecule has 6 heteroatoms. The summed E-state index contributed by atoms with van der Waals surface area (Å²) in [6.07, 6.45) is 3.69. The second kappa shape index (κ2) is 6.91. The molecule has 0 spiro atoms. The van der Waals surface area contributed by atoms with E-state index in [0.717, 1.165) is 5.56 Å². The van der Waals surface area contributed by atoms with Gasteiger partial charge < -0.3 is 17.0 Å². The van der Waals surface area contributed by atoms with Gasteiger partial charge >= 0.3 is 0 Å². The normalized spacial score (nSPS) is 9.65. The molecule has 0 atom stereocenters. The van der Waals surface area contributed by atoms with Gasteiger partial charge in [-0.15, -0.1) is 0 Å². The van der Waals surface area contributed by atoms with E-state index in [4.69, 9.17) is 0 Å². The number of carbonyl (C=O) groups excluding carboxylic acids is 1. The molecule has 0 fully saturated rings. The van der Waals surface area contributed by atoms with E-state index in [1.54, 1.807) is 4.57 Å². The third-order valence-electron chi connectivity index (χ3n) is 2.73. The first-order chi connectivity index (χ1) is 9.06. The summed E-state index contributed by atoms with van der Waals surface area (Å²) in [5.41, 5.74) is 1.53. The lowest BCUT2D eigenvalue weighted by Gasteiger charge is -1.99. The molecule has 0 amide bonds. The Bertz CT molecular complexity index is 627. The van der Waals surface area contributed by atoms with E-state index in [0.29, 0.717) is 5.56 Å². The number of non-ortho nitro benzene ring substituents is 1. The van der Waals surface area contributed by atoms with E-state index < -0.39 is 4.92 Å². The van der Waals surface area contributed by atoms with Crippen LogP contribution in [0, 0.1) is 17.0 Å². The molecule has 0 N–H and O–H groups in total. The Hall–Kier alpha value is -2.08. The van der Waals surface area contributed by atoms with Crippen LogP contribution in [0.5, 0.6) is 0 Å². The molecule has 2 rings (SSSR count). The number of halogens is 1. The molecule has 1 heterocycles. The van der Waals surface area contributed by atoms with Crippen LogP contribution in [0.1, 0.15) is 15.9 Å². The Labute approximate surface area is 126 Å². The van der Waals surface area contributed by atoms with Crippen molar-refractivity contribution in [3.05, 3.63) is 70.0 Å². The maximum atomic E-state index is 12.0. The molecular weight excluding hydrogens is 324 g/mol. The lowest BCUT2D eigenvalue weighted by Crippen LogP contribution is -3.00. The monoisotopic (exact) mass is 336 g/mol. The molecule has 20 heavy (non-hydrogen) atoms. The van der Waals surface area contributed by atoms with Crippen LogP contribution in [-0.4, -0.2) is 10.7 Å². The van der Waals surface area contributed by atoms with E-state index in [1.807, 2.05) is 31.5 Å². The number of hydrogen-bond donors (Lipinski definition) is 0. The molecule has 104 valence electrons. The predicted octanol–water partition coefficient (Wildman–Crippen LogP) is -0.922. The fourth-order valence-electron chi connectivity index (χ4n) is 1.78. The average molecular weight is 337 g/mol. The number of benzene rings is 1. The fraction of sp³-hybridized carbons (Fsp3) is 0.143. The summed E-state index contributed by atoms with van der Waals surface area (Å²) >= 11 is 0. The van der Waals surface area contributed by atoms with Gasteiger partial charge in [0.05, 0.1) is 4.92 Å². The van der Waals surface area contributed by atoms with Gasteiger partial charge in [0, 0.05) is 29.3 Å². The molecule has 0 radical (unpaired) electrons. The molecule has 5 nitrogen and oxygen atoms in total. The molecule has 0 saturated heterocycles. The molecule has 1 aromatic heterocycles. The highest BCUT2D eigenvalue weighted by Crippen LogP contribution is 2.12. The van der Waals surface area contributed by atoms with Gasteiger partial charge in [0.15, 0.2) is 12.4 Å². The highest BCUT2D eigenvalue weighted by atomic mass is 79.9. The number of aryl methyl sites for hydroxylation is 1. The van der Waals surface area contributed by atoms with E-state index in [-0.39, 0.29) is 35.0 Å². The zero-order chi connectivity index (χ0) is 13.8. The first-order valence-corrected chi connectivity index (χ1v) is 5.79. The van der Waals surface area contributed by atoms with Crippen molar-refractivity contribution in [1.29, 1.82) is 0 Å². The van der Waals surface area contributed by atoms with Gasteiger partial charge in [0.2, 0.25) is 12.3 Å². The smallest absolute Gasteiger partial charge is 0.269 e. The van der Waals surface area contributed by atoms with E-state index in [2.05, 4.69) is 0 Å². The number of nitro benzene ring substituents is 1. The minimum Gasteiger partial charge on any atom is -1.00 e. The minimum atomic E-state index is -0.483. The van der Waals surface area contributed by atoms with Gasteiger partial charge in [-0.05, 0) is 25.1 Å². The van der Waals surface area contributed by atoms with Gasteiger partial charge in [0.25, 0.3) is 5.69 Å². The van der Waals surface area contributed by atoms with Crippen molar-refractivity contribution in [3.63, 3.8) is 0 Å². The van der Waals surface area contributed by atoms with Gasteiger partial charge in [-0.25, -0.2) is 0 Å². The number of Topliss-reactive ketones (excluding diaryl/α,β-unsaturated/α-hetero) is 1. The summed E-state index contributed by atoms with van der Waals surface area (Å²) in [6.45, 7) is 2.17. The predicted molar refractivity (Wildman–Crippen MR) is 68.8 cm³/mol. The topological polar surface area (TPSA) is 64.1 Å². The van der Waals surface area contributed by atoms with Gasteiger partial charge in [-0.1, -0.05) is 0 Å². The van der Waals surface area contributed by atoms with Crippen LogP contribution < -0.4 is 21.5 Å². The summed E-state index contributed by atoms with van der Waals surface area (Å²) < 4.78 is 1.79. The Balaban J connectivity index is 0.00000200. The lowest BCUT2D eigenvalue weighted by molar-refractivity contribution is -0.683. The van der Waals surface area contributed by atoms with Crippen LogP contribution in [0.25, 0.3) is 0 Å². The number of rotatable bonds is 4. The van der Waals surface area contributed by atoms with Gasteiger partial charge in [-0.3, -0.25) is 14.9 Å². The molecule has 0 aliphatic heterocycles. The van der Waals surface area contributed by atoms with Gasteiger partial charge in [-0.2, -0.15) is 4.57 Å².